The van der Waals surface area contributed by atoms with Crippen molar-refractivity contribution in [3.05, 3.63) is 84.3 Å². The number of carbonyl (C=O) groups excluding carboxylic acids is 3. The highest BCUT2D eigenvalue weighted by Gasteiger charge is 2.12. The Morgan fingerprint density at radius 2 is 1.67 bits per heavy atom. The van der Waals surface area contributed by atoms with E-state index in [2.05, 4.69) is 10.6 Å². The second-order valence-electron chi connectivity index (χ2n) is 6.10. The molecule has 0 aliphatic rings. The van der Waals surface area contributed by atoms with Gasteiger partial charge in [-0.15, -0.1) is 0 Å². The zero-order valence-electron chi connectivity index (χ0n) is 16.0. The smallest absolute Gasteiger partial charge is 0.338 e. The van der Waals surface area contributed by atoms with Gasteiger partial charge in [0.2, 0.25) is 0 Å². The third kappa shape index (κ3) is 6.23. The number of amides is 2. The number of ether oxygens (including phenoxy) is 2. The predicted octanol–water partition coefficient (Wildman–Crippen LogP) is 2.88. The minimum absolute atomic E-state index is 0.179. The average molecular weight is 408 g/mol. The van der Waals surface area contributed by atoms with Gasteiger partial charge in [-0.25, -0.2) is 4.79 Å². The third-order valence-corrected chi connectivity index (χ3v) is 3.89. The Labute approximate surface area is 172 Å². The second kappa shape index (κ2) is 10.5. The summed E-state index contributed by atoms with van der Waals surface area (Å²) in [4.78, 5) is 35.7. The van der Waals surface area contributed by atoms with E-state index < -0.39 is 24.4 Å². The molecule has 2 amide bonds. The number of para-hydroxylation sites is 1. The lowest BCUT2D eigenvalue weighted by Gasteiger charge is -2.09. The largest absolute Gasteiger partial charge is 0.492 e. The molecule has 2 N–H and O–H groups in total. The van der Waals surface area contributed by atoms with Crippen molar-refractivity contribution in [2.24, 2.45) is 0 Å². The van der Waals surface area contributed by atoms with Gasteiger partial charge >= 0.3 is 5.97 Å². The van der Waals surface area contributed by atoms with Gasteiger partial charge in [0.1, 0.15) is 12.4 Å². The van der Waals surface area contributed by atoms with Crippen LogP contribution in [-0.2, 0) is 9.53 Å². The molecule has 8 nitrogen and oxygen atoms in total. The Balaban J connectivity index is 1.36. The molecule has 154 valence electrons. The van der Waals surface area contributed by atoms with Crippen LogP contribution in [0.15, 0.2) is 77.4 Å². The van der Waals surface area contributed by atoms with Gasteiger partial charge in [-0.1, -0.05) is 18.2 Å². The number of hydrogen-bond donors (Lipinski definition) is 2. The molecule has 0 unspecified atom stereocenters. The minimum Gasteiger partial charge on any atom is -0.492 e. The van der Waals surface area contributed by atoms with Crippen LogP contribution in [0.25, 0.3) is 0 Å². The zero-order valence-corrected chi connectivity index (χ0v) is 16.0. The van der Waals surface area contributed by atoms with Crippen LogP contribution < -0.4 is 15.4 Å². The highest BCUT2D eigenvalue weighted by Crippen LogP contribution is 2.12. The van der Waals surface area contributed by atoms with Crippen molar-refractivity contribution in [1.82, 2.24) is 5.32 Å². The van der Waals surface area contributed by atoms with Gasteiger partial charge in [-0.3, -0.25) is 9.59 Å². The molecular formula is C22H20N2O6. The summed E-state index contributed by atoms with van der Waals surface area (Å²) in [6, 6.07) is 18.5. The maximum absolute atomic E-state index is 12.1. The average Bonchev–Trinajstić information content (AvgIpc) is 3.31. The molecule has 0 aliphatic heterocycles. The summed E-state index contributed by atoms with van der Waals surface area (Å²) >= 11 is 0. The van der Waals surface area contributed by atoms with Crippen LogP contribution in [0.2, 0.25) is 0 Å². The molecule has 1 aromatic heterocycles. The van der Waals surface area contributed by atoms with Crippen molar-refractivity contribution in [3.63, 3.8) is 0 Å². The number of benzene rings is 2. The molecule has 0 bridgehead atoms. The fourth-order valence-corrected chi connectivity index (χ4v) is 2.43. The Hall–Kier alpha value is -4.07. The molecule has 2 aromatic carbocycles. The van der Waals surface area contributed by atoms with Crippen LogP contribution in [0.1, 0.15) is 20.9 Å². The Kier molecular flexibility index (Phi) is 7.21. The summed E-state index contributed by atoms with van der Waals surface area (Å²) < 4.78 is 15.5. The summed E-state index contributed by atoms with van der Waals surface area (Å²) in [5.74, 6) is -0.583. The van der Waals surface area contributed by atoms with E-state index in [0.29, 0.717) is 18.0 Å². The number of carbonyl (C=O) groups is 3. The van der Waals surface area contributed by atoms with E-state index in [-0.39, 0.29) is 17.9 Å². The van der Waals surface area contributed by atoms with Crippen molar-refractivity contribution in [2.75, 3.05) is 25.1 Å². The summed E-state index contributed by atoms with van der Waals surface area (Å²) in [6.45, 7) is 0.186. The summed E-state index contributed by atoms with van der Waals surface area (Å²) in [7, 11) is 0. The van der Waals surface area contributed by atoms with E-state index in [1.54, 1.807) is 24.3 Å². The first kappa shape index (κ1) is 20.7. The molecule has 0 spiro atoms. The van der Waals surface area contributed by atoms with Gasteiger partial charge in [0.15, 0.2) is 12.4 Å². The SMILES string of the molecule is O=C(COC(=O)c1ccc(NC(=O)c2ccco2)cc1)NCCOc1ccccc1. The van der Waals surface area contributed by atoms with E-state index >= 15 is 0 Å². The van der Waals surface area contributed by atoms with Crippen LogP contribution in [0.3, 0.4) is 0 Å². The first-order valence-electron chi connectivity index (χ1n) is 9.18. The Morgan fingerprint density at radius 1 is 0.900 bits per heavy atom. The second-order valence-corrected chi connectivity index (χ2v) is 6.10. The Morgan fingerprint density at radius 3 is 2.37 bits per heavy atom. The maximum atomic E-state index is 12.1. The molecule has 0 atom stereocenters. The Bertz CT molecular complexity index is 969. The molecule has 3 aromatic rings. The zero-order chi connectivity index (χ0) is 21.2. The van der Waals surface area contributed by atoms with Crippen LogP contribution in [-0.4, -0.2) is 37.5 Å². The van der Waals surface area contributed by atoms with Crippen molar-refractivity contribution in [1.29, 1.82) is 0 Å². The number of esters is 1. The van der Waals surface area contributed by atoms with E-state index in [4.69, 9.17) is 13.9 Å². The van der Waals surface area contributed by atoms with E-state index in [9.17, 15) is 14.4 Å². The topological polar surface area (TPSA) is 107 Å². The van der Waals surface area contributed by atoms with Gasteiger partial charge in [-0.2, -0.15) is 0 Å². The van der Waals surface area contributed by atoms with Gasteiger partial charge in [0.05, 0.1) is 18.4 Å². The number of hydrogen-bond acceptors (Lipinski definition) is 6. The van der Waals surface area contributed by atoms with Gasteiger partial charge in [-0.05, 0) is 48.5 Å². The van der Waals surface area contributed by atoms with E-state index in [1.165, 1.54) is 18.4 Å². The summed E-state index contributed by atoms with van der Waals surface area (Å²) in [5.41, 5.74) is 0.746. The molecule has 1 heterocycles. The van der Waals surface area contributed by atoms with Crippen LogP contribution in [0, 0.1) is 0 Å². The fourth-order valence-electron chi connectivity index (χ4n) is 2.43. The minimum atomic E-state index is -0.644. The first-order valence-corrected chi connectivity index (χ1v) is 9.18. The van der Waals surface area contributed by atoms with E-state index in [1.807, 2.05) is 30.3 Å². The monoisotopic (exact) mass is 408 g/mol. The first-order chi connectivity index (χ1) is 14.6. The fraction of sp³-hybridized carbons (Fsp3) is 0.136. The predicted molar refractivity (Wildman–Crippen MR) is 108 cm³/mol. The quantitative estimate of drug-likeness (QED) is 0.417. The molecule has 0 aliphatic carbocycles. The summed E-state index contributed by atoms with van der Waals surface area (Å²) in [6.07, 6.45) is 1.40. The number of anilines is 1. The van der Waals surface area contributed by atoms with Crippen LogP contribution in [0.4, 0.5) is 5.69 Å². The van der Waals surface area contributed by atoms with Gasteiger partial charge < -0.3 is 24.5 Å². The lowest BCUT2D eigenvalue weighted by molar-refractivity contribution is -0.124. The summed E-state index contributed by atoms with van der Waals surface area (Å²) in [5, 5.41) is 5.25. The molecule has 0 saturated heterocycles. The molecular weight excluding hydrogens is 388 g/mol. The van der Waals surface area contributed by atoms with E-state index in [0.717, 1.165) is 0 Å². The van der Waals surface area contributed by atoms with Gasteiger partial charge in [0, 0.05) is 5.69 Å². The molecule has 0 saturated carbocycles. The molecule has 0 fully saturated rings. The highest BCUT2D eigenvalue weighted by molar-refractivity contribution is 6.02. The lowest BCUT2D eigenvalue weighted by atomic mass is 10.2. The number of furan rings is 1. The van der Waals surface area contributed by atoms with Gasteiger partial charge in [0.25, 0.3) is 11.8 Å². The normalized spacial score (nSPS) is 10.1. The number of nitrogens with one attached hydrogen (secondary N) is 2. The van der Waals surface area contributed by atoms with Crippen molar-refractivity contribution in [2.45, 2.75) is 0 Å². The standard InChI is InChI=1S/C22H20N2O6/c25-20(23-12-14-28-18-5-2-1-3-6-18)15-30-22(27)16-8-10-17(11-9-16)24-21(26)19-7-4-13-29-19/h1-11,13H,12,14-15H2,(H,23,25)(H,24,26). The molecule has 8 heteroatoms. The molecule has 0 radical (unpaired) electrons. The van der Waals surface area contributed by atoms with Crippen LogP contribution >= 0.6 is 0 Å². The van der Waals surface area contributed by atoms with Crippen molar-refractivity contribution in [3.8, 4) is 5.75 Å². The van der Waals surface area contributed by atoms with Crippen molar-refractivity contribution < 1.29 is 28.3 Å². The van der Waals surface area contributed by atoms with Crippen LogP contribution in [0.5, 0.6) is 5.75 Å². The third-order valence-electron chi connectivity index (χ3n) is 3.89. The molecule has 3 rings (SSSR count). The highest BCUT2D eigenvalue weighted by atomic mass is 16.5. The number of rotatable bonds is 9. The van der Waals surface area contributed by atoms with Crippen molar-refractivity contribution >= 4 is 23.5 Å². The maximum Gasteiger partial charge on any atom is 0.338 e. The molecule has 30 heavy (non-hydrogen) atoms. The lowest BCUT2D eigenvalue weighted by Crippen LogP contribution is -2.32.